The summed E-state index contributed by atoms with van der Waals surface area (Å²) in [4.78, 5) is 16.3. The lowest BCUT2D eigenvalue weighted by Crippen LogP contribution is -2.43. The van der Waals surface area contributed by atoms with Crippen LogP contribution in [0.1, 0.15) is 24.2 Å². The predicted octanol–water partition coefficient (Wildman–Crippen LogP) is 0.196. The molecular weight excluding hydrogens is 284 g/mol. The van der Waals surface area contributed by atoms with E-state index in [0.717, 1.165) is 57.2 Å². The monoisotopic (exact) mass is 308 g/mol. The van der Waals surface area contributed by atoms with Gasteiger partial charge in [0, 0.05) is 39.1 Å². The Bertz CT molecular complexity index is 523. The lowest BCUT2D eigenvalue weighted by Gasteiger charge is -2.31. The molecule has 3 rings (SSSR count). The van der Waals surface area contributed by atoms with Crippen LogP contribution in [-0.4, -0.2) is 84.5 Å². The standard InChI is InChI=1S/C14H24N6O2/c1-18-4-6-20(7-5-18)10-13-15-14(17-22-13)12-8-11(16-21-3)9-19(12)2/h12H,4-10H2,1-3H3/b16-11-. The van der Waals surface area contributed by atoms with Crippen LogP contribution in [0.15, 0.2) is 9.68 Å². The Labute approximate surface area is 130 Å². The van der Waals surface area contributed by atoms with Crippen LogP contribution in [0.2, 0.25) is 0 Å². The fourth-order valence-corrected chi connectivity index (χ4v) is 2.99. The Morgan fingerprint density at radius 2 is 2.05 bits per heavy atom. The minimum atomic E-state index is 0.124. The van der Waals surface area contributed by atoms with E-state index in [1.807, 2.05) is 7.05 Å². The second-order valence-corrected chi connectivity index (χ2v) is 6.10. The third kappa shape index (κ3) is 3.45. The highest BCUT2D eigenvalue weighted by atomic mass is 16.6. The maximum Gasteiger partial charge on any atom is 0.240 e. The van der Waals surface area contributed by atoms with Gasteiger partial charge in [0.05, 0.1) is 18.3 Å². The molecule has 2 aliphatic rings. The summed E-state index contributed by atoms with van der Waals surface area (Å²) < 4.78 is 5.44. The molecule has 122 valence electrons. The molecule has 0 aliphatic carbocycles. The first-order valence-corrected chi connectivity index (χ1v) is 7.68. The molecule has 8 heteroatoms. The number of piperazine rings is 1. The van der Waals surface area contributed by atoms with Crippen LogP contribution < -0.4 is 0 Å². The van der Waals surface area contributed by atoms with Crippen LogP contribution in [0, 0.1) is 0 Å². The van der Waals surface area contributed by atoms with Gasteiger partial charge in [-0.1, -0.05) is 10.3 Å². The summed E-state index contributed by atoms with van der Waals surface area (Å²) in [6.45, 7) is 5.77. The van der Waals surface area contributed by atoms with Gasteiger partial charge < -0.3 is 14.3 Å². The number of aromatic nitrogens is 2. The van der Waals surface area contributed by atoms with Crippen molar-refractivity contribution in [3.63, 3.8) is 0 Å². The normalized spacial score (nSPS) is 26.9. The Morgan fingerprint density at radius 3 is 2.77 bits per heavy atom. The van der Waals surface area contributed by atoms with Gasteiger partial charge in [-0.15, -0.1) is 0 Å². The molecule has 1 unspecified atom stereocenters. The Morgan fingerprint density at radius 1 is 1.27 bits per heavy atom. The van der Waals surface area contributed by atoms with E-state index in [2.05, 4.69) is 37.0 Å². The van der Waals surface area contributed by atoms with Gasteiger partial charge in [-0.25, -0.2) is 0 Å². The summed E-state index contributed by atoms with van der Waals surface area (Å²) in [5.41, 5.74) is 1.01. The molecule has 0 bridgehead atoms. The van der Waals surface area contributed by atoms with E-state index in [-0.39, 0.29) is 6.04 Å². The molecule has 0 spiro atoms. The van der Waals surface area contributed by atoms with Crippen LogP contribution in [0.4, 0.5) is 0 Å². The van der Waals surface area contributed by atoms with Crippen LogP contribution in [0.3, 0.4) is 0 Å². The fourth-order valence-electron chi connectivity index (χ4n) is 2.99. The molecule has 2 fully saturated rings. The van der Waals surface area contributed by atoms with E-state index in [1.165, 1.54) is 0 Å². The first-order valence-electron chi connectivity index (χ1n) is 7.68. The van der Waals surface area contributed by atoms with Crippen LogP contribution in [-0.2, 0) is 11.4 Å². The average Bonchev–Trinajstić information content (AvgIpc) is 3.09. The van der Waals surface area contributed by atoms with Crippen molar-refractivity contribution in [2.75, 3.05) is 53.9 Å². The van der Waals surface area contributed by atoms with Crippen LogP contribution >= 0.6 is 0 Å². The number of nitrogens with zero attached hydrogens (tertiary/aromatic N) is 6. The van der Waals surface area contributed by atoms with Crippen molar-refractivity contribution in [1.29, 1.82) is 0 Å². The van der Waals surface area contributed by atoms with Crippen molar-refractivity contribution in [1.82, 2.24) is 24.8 Å². The molecule has 1 aromatic rings. The van der Waals surface area contributed by atoms with E-state index in [0.29, 0.717) is 5.89 Å². The summed E-state index contributed by atoms with van der Waals surface area (Å²) in [7, 11) is 5.76. The summed E-state index contributed by atoms with van der Waals surface area (Å²) in [5, 5.41) is 8.20. The molecule has 0 amide bonds. The van der Waals surface area contributed by atoms with Crippen molar-refractivity contribution in [3.05, 3.63) is 11.7 Å². The van der Waals surface area contributed by atoms with Gasteiger partial charge in [0.2, 0.25) is 5.89 Å². The third-order valence-corrected chi connectivity index (χ3v) is 4.35. The van der Waals surface area contributed by atoms with Crippen LogP contribution in [0.25, 0.3) is 0 Å². The maximum atomic E-state index is 5.44. The van der Waals surface area contributed by atoms with Gasteiger partial charge in [0.25, 0.3) is 0 Å². The lowest BCUT2D eigenvalue weighted by molar-refractivity contribution is 0.135. The number of rotatable bonds is 4. The first-order chi connectivity index (χ1) is 10.7. The van der Waals surface area contributed by atoms with Crippen molar-refractivity contribution in [2.45, 2.75) is 19.0 Å². The van der Waals surface area contributed by atoms with Crippen LogP contribution in [0.5, 0.6) is 0 Å². The number of likely N-dealkylation sites (N-methyl/N-ethyl adjacent to an activating group) is 1. The predicted molar refractivity (Wildman–Crippen MR) is 81.5 cm³/mol. The molecule has 0 aromatic carbocycles. The number of oxime groups is 1. The molecule has 2 saturated heterocycles. The third-order valence-electron chi connectivity index (χ3n) is 4.35. The minimum absolute atomic E-state index is 0.124. The molecule has 0 N–H and O–H groups in total. The zero-order chi connectivity index (χ0) is 15.5. The molecule has 22 heavy (non-hydrogen) atoms. The Kier molecular flexibility index (Phi) is 4.70. The van der Waals surface area contributed by atoms with Gasteiger partial charge in [0.15, 0.2) is 5.82 Å². The smallest absolute Gasteiger partial charge is 0.240 e. The highest BCUT2D eigenvalue weighted by Crippen LogP contribution is 2.27. The molecule has 3 heterocycles. The molecule has 2 aliphatic heterocycles. The summed E-state index contributed by atoms with van der Waals surface area (Å²) >= 11 is 0. The molecule has 1 aromatic heterocycles. The van der Waals surface area contributed by atoms with Gasteiger partial charge >= 0.3 is 0 Å². The van der Waals surface area contributed by atoms with Crippen molar-refractivity contribution >= 4 is 5.71 Å². The van der Waals surface area contributed by atoms with Crippen molar-refractivity contribution < 1.29 is 9.36 Å². The molecule has 0 saturated carbocycles. The molecule has 1 atom stereocenters. The molecule has 8 nitrogen and oxygen atoms in total. The fraction of sp³-hybridized carbons (Fsp3) is 0.786. The SMILES string of the molecule is CO/N=C1/CC(c2noc(CN3CCN(C)CC3)n2)N(C)C1. The first kappa shape index (κ1) is 15.4. The quantitative estimate of drug-likeness (QED) is 0.736. The molecule has 0 radical (unpaired) electrons. The second kappa shape index (κ2) is 6.72. The zero-order valence-electron chi connectivity index (χ0n) is 13.5. The Hall–Kier alpha value is -1.51. The number of likely N-dealkylation sites (tertiary alicyclic amines) is 1. The largest absolute Gasteiger partial charge is 0.399 e. The van der Waals surface area contributed by atoms with Gasteiger partial charge in [-0.2, -0.15) is 4.98 Å². The van der Waals surface area contributed by atoms with E-state index in [1.54, 1.807) is 7.11 Å². The van der Waals surface area contributed by atoms with E-state index >= 15 is 0 Å². The van der Waals surface area contributed by atoms with E-state index in [9.17, 15) is 0 Å². The van der Waals surface area contributed by atoms with Crippen molar-refractivity contribution in [3.8, 4) is 0 Å². The minimum Gasteiger partial charge on any atom is -0.399 e. The number of hydrogen-bond acceptors (Lipinski definition) is 8. The topological polar surface area (TPSA) is 70.2 Å². The van der Waals surface area contributed by atoms with Crippen molar-refractivity contribution in [2.24, 2.45) is 5.16 Å². The van der Waals surface area contributed by atoms with Gasteiger partial charge in [0.1, 0.15) is 7.11 Å². The molecular formula is C14H24N6O2. The highest BCUT2D eigenvalue weighted by Gasteiger charge is 2.32. The maximum absolute atomic E-state index is 5.44. The van der Waals surface area contributed by atoms with Gasteiger partial charge in [-0.3, -0.25) is 9.80 Å². The zero-order valence-corrected chi connectivity index (χ0v) is 13.5. The Balaban J connectivity index is 1.60. The summed E-state index contributed by atoms with van der Waals surface area (Å²) in [6, 6.07) is 0.124. The lowest BCUT2D eigenvalue weighted by atomic mass is 10.2. The highest BCUT2D eigenvalue weighted by molar-refractivity contribution is 5.88. The summed E-state index contributed by atoms with van der Waals surface area (Å²) in [6.07, 6.45) is 0.790. The van der Waals surface area contributed by atoms with E-state index in [4.69, 9.17) is 9.36 Å². The van der Waals surface area contributed by atoms with E-state index < -0.39 is 0 Å². The summed E-state index contributed by atoms with van der Waals surface area (Å²) in [5.74, 6) is 1.44. The van der Waals surface area contributed by atoms with Gasteiger partial charge in [-0.05, 0) is 14.1 Å². The second-order valence-electron chi connectivity index (χ2n) is 6.10. The average molecular weight is 308 g/mol. The number of hydrogen-bond donors (Lipinski definition) is 0.